The van der Waals surface area contributed by atoms with Crippen molar-refractivity contribution >= 4 is 0 Å². The summed E-state index contributed by atoms with van der Waals surface area (Å²) in [6.07, 6.45) is 8.68. The van der Waals surface area contributed by atoms with E-state index in [-0.39, 0.29) is 0 Å². The summed E-state index contributed by atoms with van der Waals surface area (Å²) < 4.78 is 5.77. The van der Waals surface area contributed by atoms with Gasteiger partial charge in [-0.15, -0.1) is 0 Å². The minimum Gasteiger partial charge on any atom is -0.494 e. The van der Waals surface area contributed by atoms with E-state index in [9.17, 15) is 0 Å². The predicted octanol–water partition coefficient (Wildman–Crippen LogP) is 3.87. The van der Waals surface area contributed by atoms with Gasteiger partial charge < -0.3 is 10.1 Å². The van der Waals surface area contributed by atoms with Crippen molar-refractivity contribution in [3.8, 4) is 5.75 Å². The second kappa shape index (κ2) is 6.00. The molecule has 0 spiro atoms. The summed E-state index contributed by atoms with van der Waals surface area (Å²) in [7, 11) is 0. The Bertz CT molecular complexity index is 430. The van der Waals surface area contributed by atoms with Crippen LogP contribution in [0, 0.1) is 23.7 Å². The van der Waals surface area contributed by atoms with Crippen LogP contribution < -0.4 is 10.1 Å². The molecule has 4 saturated carbocycles. The Morgan fingerprint density at radius 1 is 0.905 bits per heavy atom. The Kier molecular flexibility index (Phi) is 3.89. The van der Waals surface area contributed by atoms with E-state index in [1.54, 1.807) is 6.42 Å². The average Bonchev–Trinajstić information content (AvgIpc) is 2.50. The normalized spacial score (nSPS) is 36.9. The van der Waals surface area contributed by atoms with Crippen LogP contribution in [-0.4, -0.2) is 19.2 Å². The highest BCUT2D eigenvalue weighted by Gasteiger charge is 2.47. The van der Waals surface area contributed by atoms with Crippen LogP contribution in [0.3, 0.4) is 0 Å². The van der Waals surface area contributed by atoms with Gasteiger partial charge in [-0.25, -0.2) is 0 Å². The third-order valence-electron chi connectivity index (χ3n) is 5.94. The van der Waals surface area contributed by atoms with Crippen LogP contribution in [0.1, 0.15) is 38.5 Å². The highest BCUT2D eigenvalue weighted by Crippen LogP contribution is 2.53. The molecule has 0 atom stereocenters. The summed E-state index contributed by atoms with van der Waals surface area (Å²) in [6, 6.07) is 11.0. The topological polar surface area (TPSA) is 21.3 Å². The summed E-state index contributed by atoms with van der Waals surface area (Å²) in [5.74, 6) is 5.11. The molecular formula is C19H27NO. The lowest BCUT2D eigenvalue weighted by Crippen LogP contribution is -2.54. The summed E-state index contributed by atoms with van der Waals surface area (Å²) >= 11 is 0. The molecule has 1 aromatic rings. The molecule has 1 aromatic carbocycles. The molecular weight excluding hydrogens is 258 g/mol. The quantitative estimate of drug-likeness (QED) is 0.801. The Labute approximate surface area is 128 Å². The molecule has 0 radical (unpaired) electrons. The number of benzene rings is 1. The molecule has 0 saturated heterocycles. The summed E-state index contributed by atoms with van der Waals surface area (Å²) in [5.41, 5.74) is 0. The van der Waals surface area contributed by atoms with Crippen LogP contribution in [-0.2, 0) is 0 Å². The van der Waals surface area contributed by atoms with Crippen molar-refractivity contribution in [2.45, 2.75) is 44.6 Å². The highest BCUT2D eigenvalue weighted by atomic mass is 16.5. The zero-order valence-electron chi connectivity index (χ0n) is 12.8. The molecule has 2 heteroatoms. The van der Waals surface area contributed by atoms with Gasteiger partial charge in [0, 0.05) is 6.04 Å². The van der Waals surface area contributed by atoms with Gasteiger partial charge in [0.15, 0.2) is 0 Å². The first kappa shape index (κ1) is 13.6. The zero-order valence-corrected chi connectivity index (χ0v) is 12.8. The molecule has 114 valence electrons. The fourth-order valence-corrected chi connectivity index (χ4v) is 5.31. The van der Waals surface area contributed by atoms with Crippen molar-refractivity contribution in [2.75, 3.05) is 13.2 Å². The van der Waals surface area contributed by atoms with Crippen LogP contribution in [0.2, 0.25) is 0 Å². The molecule has 4 aliphatic rings. The molecule has 0 heterocycles. The third-order valence-corrected chi connectivity index (χ3v) is 5.94. The van der Waals surface area contributed by atoms with Crippen molar-refractivity contribution in [1.29, 1.82) is 0 Å². The number of nitrogens with one attached hydrogen (secondary N) is 1. The van der Waals surface area contributed by atoms with Crippen LogP contribution in [0.25, 0.3) is 0 Å². The van der Waals surface area contributed by atoms with E-state index in [2.05, 4.69) is 5.32 Å². The SMILES string of the molecule is c1ccc(OCCCNC2C3CC4CC(C3)CC2C4)cc1. The van der Waals surface area contributed by atoms with Gasteiger partial charge in [-0.05, 0) is 80.9 Å². The Morgan fingerprint density at radius 3 is 2.24 bits per heavy atom. The van der Waals surface area contributed by atoms with Crippen LogP contribution in [0.4, 0.5) is 0 Å². The van der Waals surface area contributed by atoms with Crippen LogP contribution in [0.5, 0.6) is 5.75 Å². The van der Waals surface area contributed by atoms with E-state index in [1.807, 2.05) is 30.3 Å². The van der Waals surface area contributed by atoms with E-state index in [4.69, 9.17) is 4.74 Å². The Morgan fingerprint density at radius 2 is 1.57 bits per heavy atom. The molecule has 4 aliphatic carbocycles. The van der Waals surface area contributed by atoms with Crippen LogP contribution in [0.15, 0.2) is 30.3 Å². The molecule has 5 rings (SSSR count). The predicted molar refractivity (Wildman–Crippen MR) is 85.4 cm³/mol. The molecule has 4 fully saturated rings. The van der Waals surface area contributed by atoms with Gasteiger partial charge in [0.1, 0.15) is 5.75 Å². The number of hydrogen-bond acceptors (Lipinski definition) is 2. The first-order valence-corrected chi connectivity index (χ1v) is 8.79. The third kappa shape index (κ3) is 2.96. The largest absolute Gasteiger partial charge is 0.494 e. The lowest BCUT2D eigenvalue weighted by molar-refractivity contribution is -0.0137. The number of hydrogen-bond donors (Lipinski definition) is 1. The number of ether oxygens (including phenoxy) is 1. The fraction of sp³-hybridized carbons (Fsp3) is 0.684. The van der Waals surface area contributed by atoms with Crippen molar-refractivity contribution in [2.24, 2.45) is 23.7 Å². The van der Waals surface area contributed by atoms with E-state index < -0.39 is 0 Å². The second-order valence-corrected chi connectivity index (χ2v) is 7.43. The van der Waals surface area contributed by atoms with Gasteiger partial charge in [-0.1, -0.05) is 18.2 Å². The summed E-state index contributed by atoms with van der Waals surface area (Å²) in [4.78, 5) is 0. The van der Waals surface area contributed by atoms with Crippen molar-refractivity contribution < 1.29 is 4.74 Å². The zero-order chi connectivity index (χ0) is 14.1. The maximum atomic E-state index is 5.77. The van der Waals surface area contributed by atoms with Gasteiger partial charge in [-0.3, -0.25) is 0 Å². The minimum atomic E-state index is 0.814. The van der Waals surface area contributed by atoms with E-state index in [0.29, 0.717) is 0 Å². The molecule has 4 bridgehead atoms. The van der Waals surface area contributed by atoms with Gasteiger partial charge in [0.05, 0.1) is 6.61 Å². The summed E-state index contributed by atoms with van der Waals surface area (Å²) in [6.45, 7) is 1.93. The van der Waals surface area contributed by atoms with E-state index in [0.717, 1.165) is 55.0 Å². The first-order valence-electron chi connectivity index (χ1n) is 8.79. The average molecular weight is 285 g/mol. The maximum Gasteiger partial charge on any atom is 0.119 e. The lowest BCUT2D eigenvalue weighted by Gasteiger charge is -2.54. The van der Waals surface area contributed by atoms with Crippen molar-refractivity contribution in [3.63, 3.8) is 0 Å². The van der Waals surface area contributed by atoms with Crippen molar-refractivity contribution in [3.05, 3.63) is 30.3 Å². The standard InChI is InChI=1S/C19H27NO/c1-2-5-18(6-3-1)21-8-4-7-20-19-16-10-14-9-15(12-16)13-17(19)11-14/h1-3,5-6,14-17,19-20H,4,7-13H2. The van der Waals surface area contributed by atoms with E-state index in [1.165, 1.54) is 25.7 Å². The molecule has 21 heavy (non-hydrogen) atoms. The molecule has 0 unspecified atom stereocenters. The van der Waals surface area contributed by atoms with Gasteiger partial charge in [-0.2, -0.15) is 0 Å². The minimum absolute atomic E-state index is 0.814. The lowest BCUT2D eigenvalue weighted by atomic mass is 9.54. The number of para-hydroxylation sites is 1. The fourth-order valence-electron chi connectivity index (χ4n) is 5.31. The number of rotatable bonds is 6. The second-order valence-electron chi connectivity index (χ2n) is 7.43. The molecule has 2 nitrogen and oxygen atoms in total. The molecule has 0 aromatic heterocycles. The van der Waals surface area contributed by atoms with Crippen molar-refractivity contribution in [1.82, 2.24) is 5.32 Å². The highest BCUT2D eigenvalue weighted by molar-refractivity contribution is 5.20. The van der Waals surface area contributed by atoms with Gasteiger partial charge >= 0.3 is 0 Å². The Hall–Kier alpha value is -1.02. The Balaban J connectivity index is 1.19. The first-order chi connectivity index (χ1) is 10.4. The molecule has 0 amide bonds. The van der Waals surface area contributed by atoms with Gasteiger partial charge in [0.2, 0.25) is 0 Å². The smallest absolute Gasteiger partial charge is 0.119 e. The van der Waals surface area contributed by atoms with Gasteiger partial charge in [0.25, 0.3) is 0 Å². The molecule has 0 aliphatic heterocycles. The van der Waals surface area contributed by atoms with Crippen LogP contribution >= 0.6 is 0 Å². The maximum absolute atomic E-state index is 5.77. The summed E-state index contributed by atoms with van der Waals surface area (Å²) in [5, 5.41) is 3.87. The molecule has 1 N–H and O–H groups in total. The van der Waals surface area contributed by atoms with E-state index >= 15 is 0 Å². The monoisotopic (exact) mass is 285 g/mol.